The van der Waals surface area contributed by atoms with Gasteiger partial charge in [-0.05, 0) is 49.4 Å². The van der Waals surface area contributed by atoms with Gasteiger partial charge in [0.05, 0.1) is 24.7 Å². The van der Waals surface area contributed by atoms with Gasteiger partial charge in [-0.15, -0.1) is 0 Å². The van der Waals surface area contributed by atoms with Gasteiger partial charge in [-0.25, -0.2) is 4.79 Å². The summed E-state index contributed by atoms with van der Waals surface area (Å²) in [6.07, 6.45) is 0.148. The number of fused-ring (bicyclic) bond motifs is 1. The highest BCUT2D eigenvalue weighted by atomic mass is 16.6. The van der Waals surface area contributed by atoms with Crippen LogP contribution in [-0.2, 0) is 9.53 Å². The molecule has 0 saturated carbocycles. The highest BCUT2D eigenvalue weighted by Crippen LogP contribution is 2.31. The molecular formula is C22H22N2O6. The van der Waals surface area contributed by atoms with Crippen LogP contribution in [0, 0.1) is 11.3 Å². The maximum absolute atomic E-state index is 12.7. The Morgan fingerprint density at radius 1 is 1.10 bits per heavy atom. The zero-order valence-corrected chi connectivity index (χ0v) is 16.6. The lowest BCUT2D eigenvalue weighted by atomic mass is 10.2. The molecule has 0 aliphatic carbocycles. The molecule has 0 bridgehead atoms. The Hall–Kier alpha value is -3.73. The lowest BCUT2D eigenvalue weighted by Crippen LogP contribution is -2.35. The van der Waals surface area contributed by atoms with Gasteiger partial charge in [0, 0.05) is 12.2 Å². The zero-order chi connectivity index (χ0) is 21.3. The molecule has 1 aliphatic rings. The van der Waals surface area contributed by atoms with E-state index in [2.05, 4.69) is 0 Å². The summed E-state index contributed by atoms with van der Waals surface area (Å²) >= 11 is 0. The Bertz CT molecular complexity index is 936. The van der Waals surface area contributed by atoms with E-state index in [1.165, 1.54) is 11.0 Å². The van der Waals surface area contributed by atoms with Crippen molar-refractivity contribution in [2.45, 2.75) is 13.3 Å². The van der Waals surface area contributed by atoms with Gasteiger partial charge in [0.2, 0.25) is 0 Å². The molecule has 1 aliphatic heterocycles. The smallest absolute Gasteiger partial charge is 0.338 e. The van der Waals surface area contributed by atoms with Crippen molar-refractivity contribution in [1.29, 1.82) is 5.26 Å². The molecule has 1 heterocycles. The largest absolute Gasteiger partial charge is 0.494 e. The maximum atomic E-state index is 12.7. The number of hydrogen-bond acceptors (Lipinski definition) is 7. The number of carbonyl (C=O) groups excluding carboxylic acids is 2. The van der Waals surface area contributed by atoms with Crippen LogP contribution in [0.15, 0.2) is 42.5 Å². The summed E-state index contributed by atoms with van der Waals surface area (Å²) in [5, 5.41) is 8.91. The highest BCUT2D eigenvalue weighted by molar-refractivity contribution is 5.97. The molecule has 30 heavy (non-hydrogen) atoms. The van der Waals surface area contributed by atoms with Gasteiger partial charge in [0.1, 0.15) is 19.0 Å². The number of nitriles is 1. The average Bonchev–Trinajstić information content (AvgIpc) is 2.78. The minimum Gasteiger partial charge on any atom is -0.494 e. The summed E-state index contributed by atoms with van der Waals surface area (Å²) in [4.78, 5) is 26.5. The Kier molecular flexibility index (Phi) is 7.11. The van der Waals surface area contributed by atoms with Gasteiger partial charge in [-0.1, -0.05) is 0 Å². The second-order valence-electron chi connectivity index (χ2n) is 6.31. The first-order chi connectivity index (χ1) is 14.6. The number of esters is 1. The summed E-state index contributed by atoms with van der Waals surface area (Å²) < 4.78 is 21.5. The fourth-order valence-electron chi connectivity index (χ4n) is 2.91. The van der Waals surface area contributed by atoms with Crippen molar-refractivity contribution in [3.8, 4) is 23.3 Å². The third-order valence-electron chi connectivity index (χ3n) is 4.31. The van der Waals surface area contributed by atoms with Gasteiger partial charge in [0.15, 0.2) is 18.1 Å². The van der Waals surface area contributed by atoms with Gasteiger partial charge >= 0.3 is 5.97 Å². The van der Waals surface area contributed by atoms with Crippen molar-refractivity contribution < 1.29 is 28.5 Å². The van der Waals surface area contributed by atoms with Crippen LogP contribution in [0.2, 0.25) is 0 Å². The third-order valence-corrected chi connectivity index (χ3v) is 4.31. The number of hydrogen-bond donors (Lipinski definition) is 0. The normalized spacial score (nSPS) is 11.9. The quantitative estimate of drug-likeness (QED) is 0.617. The van der Waals surface area contributed by atoms with Crippen LogP contribution in [0.3, 0.4) is 0 Å². The second kappa shape index (κ2) is 10.2. The van der Waals surface area contributed by atoms with Crippen LogP contribution in [0.1, 0.15) is 23.7 Å². The SMILES string of the molecule is CCOc1ccc(N(CCC#N)C(=O)COC(=O)c2ccc3c(c2)OCCO3)cc1. The molecule has 2 aromatic carbocycles. The van der Waals surface area contributed by atoms with Gasteiger partial charge < -0.3 is 23.8 Å². The van der Waals surface area contributed by atoms with Crippen molar-refractivity contribution >= 4 is 17.6 Å². The highest BCUT2D eigenvalue weighted by Gasteiger charge is 2.20. The fourth-order valence-corrected chi connectivity index (χ4v) is 2.91. The first-order valence-electron chi connectivity index (χ1n) is 9.59. The fraction of sp³-hybridized carbons (Fsp3) is 0.318. The van der Waals surface area contributed by atoms with E-state index in [9.17, 15) is 9.59 Å². The number of benzene rings is 2. The van der Waals surface area contributed by atoms with E-state index in [1.807, 2.05) is 13.0 Å². The van der Waals surface area contributed by atoms with Crippen molar-refractivity contribution in [2.75, 3.05) is 37.9 Å². The Morgan fingerprint density at radius 2 is 1.83 bits per heavy atom. The lowest BCUT2D eigenvalue weighted by molar-refractivity contribution is -0.121. The van der Waals surface area contributed by atoms with Crippen molar-refractivity contribution in [1.82, 2.24) is 0 Å². The summed E-state index contributed by atoms with van der Waals surface area (Å²) in [5.41, 5.74) is 0.853. The first-order valence-corrected chi connectivity index (χ1v) is 9.59. The van der Waals surface area contributed by atoms with Crippen LogP contribution in [0.5, 0.6) is 17.2 Å². The predicted molar refractivity (Wildman–Crippen MR) is 108 cm³/mol. The Morgan fingerprint density at radius 3 is 2.53 bits per heavy atom. The maximum Gasteiger partial charge on any atom is 0.338 e. The van der Waals surface area contributed by atoms with Crippen molar-refractivity contribution in [3.05, 3.63) is 48.0 Å². The van der Waals surface area contributed by atoms with Crippen LogP contribution in [0.4, 0.5) is 5.69 Å². The van der Waals surface area contributed by atoms with Gasteiger partial charge in [-0.3, -0.25) is 4.79 Å². The average molecular weight is 410 g/mol. The van der Waals surface area contributed by atoms with Crippen LogP contribution < -0.4 is 19.1 Å². The molecule has 0 atom stereocenters. The summed E-state index contributed by atoms with van der Waals surface area (Å²) in [6.45, 7) is 3.01. The summed E-state index contributed by atoms with van der Waals surface area (Å²) in [7, 11) is 0. The molecule has 0 aromatic heterocycles. The van der Waals surface area contributed by atoms with E-state index >= 15 is 0 Å². The molecule has 8 nitrogen and oxygen atoms in total. The standard InChI is InChI=1S/C22H22N2O6/c1-2-27-18-7-5-17(6-8-18)24(11-3-10-23)21(25)15-30-22(26)16-4-9-19-20(14-16)29-13-12-28-19/h4-9,14H,2-3,11-13,15H2,1H3. The molecule has 1 amide bonds. The molecule has 0 saturated heterocycles. The minimum absolute atomic E-state index is 0.148. The minimum atomic E-state index is -0.646. The topological polar surface area (TPSA) is 98.1 Å². The second-order valence-corrected chi connectivity index (χ2v) is 6.31. The lowest BCUT2D eigenvalue weighted by Gasteiger charge is -2.22. The molecule has 2 aromatic rings. The predicted octanol–water partition coefficient (Wildman–Crippen LogP) is 2.96. The molecule has 8 heteroatoms. The van der Waals surface area contributed by atoms with E-state index in [4.69, 9.17) is 24.2 Å². The molecule has 0 spiro atoms. The Labute approximate surface area is 174 Å². The molecule has 0 radical (unpaired) electrons. The van der Waals surface area contributed by atoms with Crippen LogP contribution in [-0.4, -0.2) is 44.8 Å². The van der Waals surface area contributed by atoms with E-state index in [0.717, 1.165) is 0 Å². The summed E-state index contributed by atoms with van der Waals surface area (Å²) in [5.74, 6) is 0.630. The number of anilines is 1. The van der Waals surface area contributed by atoms with E-state index in [-0.39, 0.29) is 18.5 Å². The first kappa shape index (κ1) is 21.0. The number of carbonyl (C=O) groups is 2. The van der Waals surface area contributed by atoms with E-state index < -0.39 is 18.5 Å². The van der Waals surface area contributed by atoms with Gasteiger partial charge in [0.25, 0.3) is 5.91 Å². The number of rotatable bonds is 8. The Balaban J connectivity index is 1.65. The van der Waals surface area contributed by atoms with E-state index in [1.54, 1.807) is 36.4 Å². The number of amides is 1. The number of ether oxygens (including phenoxy) is 4. The molecule has 156 valence electrons. The zero-order valence-electron chi connectivity index (χ0n) is 16.6. The van der Waals surface area contributed by atoms with E-state index in [0.29, 0.717) is 42.8 Å². The molecule has 0 fully saturated rings. The van der Waals surface area contributed by atoms with Crippen molar-refractivity contribution in [2.24, 2.45) is 0 Å². The number of nitrogens with zero attached hydrogens (tertiary/aromatic N) is 2. The van der Waals surface area contributed by atoms with Crippen molar-refractivity contribution in [3.63, 3.8) is 0 Å². The van der Waals surface area contributed by atoms with Gasteiger partial charge in [-0.2, -0.15) is 5.26 Å². The summed E-state index contributed by atoms with van der Waals surface area (Å²) in [6, 6.07) is 13.7. The third kappa shape index (κ3) is 5.20. The monoisotopic (exact) mass is 410 g/mol. The van der Waals surface area contributed by atoms with Crippen LogP contribution in [0.25, 0.3) is 0 Å². The molecule has 0 N–H and O–H groups in total. The molecular weight excluding hydrogens is 388 g/mol. The molecule has 3 rings (SSSR count). The van der Waals surface area contributed by atoms with Crippen LogP contribution >= 0.6 is 0 Å². The molecule has 0 unspecified atom stereocenters.